The molecule has 0 heterocycles. The summed E-state index contributed by atoms with van der Waals surface area (Å²) >= 11 is 3.16. The minimum atomic E-state index is -0.404. The van der Waals surface area contributed by atoms with Crippen molar-refractivity contribution in [1.82, 2.24) is 0 Å². The summed E-state index contributed by atoms with van der Waals surface area (Å²) in [5.41, 5.74) is 8.16. The maximum absolute atomic E-state index is 13.0. The van der Waals surface area contributed by atoms with Gasteiger partial charge in [0, 0.05) is 4.47 Å². The van der Waals surface area contributed by atoms with Gasteiger partial charge in [-0.3, -0.25) is 4.79 Å². The molecule has 0 aromatic heterocycles. The summed E-state index contributed by atoms with van der Waals surface area (Å²) in [6.07, 6.45) is 0. The monoisotopic (exact) mass is 322 g/mol. The lowest BCUT2D eigenvalue weighted by Crippen LogP contribution is -2.14. The predicted molar refractivity (Wildman–Crippen MR) is 77.6 cm³/mol. The van der Waals surface area contributed by atoms with Gasteiger partial charge in [0.05, 0.1) is 16.9 Å². The van der Waals surface area contributed by atoms with Crippen molar-refractivity contribution in [3.8, 4) is 0 Å². The third-order valence-electron chi connectivity index (χ3n) is 2.63. The third-order valence-corrected chi connectivity index (χ3v) is 3.29. The maximum atomic E-state index is 13.0. The quantitative estimate of drug-likeness (QED) is 0.828. The Morgan fingerprint density at radius 1 is 1.26 bits per heavy atom. The largest absolute Gasteiger partial charge is 0.397 e. The van der Waals surface area contributed by atoms with Crippen LogP contribution in [0.5, 0.6) is 0 Å². The predicted octanol–water partition coefficient (Wildman–Crippen LogP) is 3.73. The number of nitrogen functional groups attached to an aromatic ring is 1. The van der Waals surface area contributed by atoms with Gasteiger partial charge in [0.15, 0.2) is 0 Å². The Labute approximate surface area is 118 Å². The fourth-order valence-electron chi connectivity index (χ4n) is 1.64. The molecular formula is C14H12BrFN2O. The van der Waals surface area contributed by atoms with E-state index in [2.05, 4.69) is 21.2 Å². The van der Waals surface area contributed by atoms with Crippen LogP contribution in [0.25, 0.3) is 0 Å². The van der Waals surface area contributed by atoms with Crippen molar-refractivity contribution in [3.63, 3.8) is 0 Å². The first-order valence-electron chi connectivity index (χ1n) is 5.60. The lowest BCUT2D eigenvalue weighted by Gasteiger charge is -2.10. The highest BCUT2D eigenvalue weighted by Crippen LogP contribution is 2.23. The van der Waals surface area contributed by atoms with Gasteiger partial charge in [0.1, 0.15) is 5.82 Å². The van der Waals surface area contributed by atoms with E-state index in [4.69, 9.17) is 5.73 Å². The third kappa shape index (κ3) is 3.12. The molecule has 0 fully saturated rings. The summed E-state index contributed by atoms with van der Waals surface area (Å²) in [6, 6.07) is 9.27. The second kappa shape index (κ2) is 5.40. The number of amides is 1. The van der Waals surface area contributed by atoms with E-state index >= 15 is 0 Å². The summed E-state index contributed by atoms with van der Waals surface area (Å²) in [5.74, 6) is -0.748. The minimum absolute atomic E-state index is 0.343. The lowest BCUT2D eigenvalue weighted by molar-refractivity contribution is 0.102. The topological polar surface area (TPSA) is 55.1 Å². The number of rotatable bonds is 2. The van der Waals surface area contributed by atoms with E-state index in [0.29, 0.717) is 21.4 Å². The molecule has 0 aliphatic carbocycles. The van der Waals surface area contributed by atoms with Crippen molar-refractivity contribution in [2.24, 2.45) is 0 Å². The second-order valence-electron chi connectivity index (χ2n) is 4.17. The standard InChI is InChI=1S/C14H12BrFN2O/c1-8-2-5-12(17)13(6-8)18-14(19)10-4-3-9(16)7-11(10)15/h2-7H,17H2,1H3,(H,18,19). The molecule has 0 saturated heterocycles. The molecule has 3 N–H and O–H groups in total. The Bertz CT molecular complexity index is 643. The summed E-state index contributed by atoms with van der Waals surface area (Å²) in [6.45, 7) is 1.91. The van der Waals surface area contributed by atoms with Crippen LogP contribution < -0.4 is 11.1 Å². The number of halogens is 2. The van der Waals surface area contributed by atoms with Gasteiger partial charge in [-0.2, -0.15) is 0 Å². The van der Waals surface area contributed by atoms with Crippen LogP contribution in [-0.4, -0.2) is 5.91 Å². The van der Waals surface area contributed by atoms with E-state index in [-0.39, 0.29) is 5.91 Å². The van der Waals surface area contributed by atoms with Crippen molar-refractivity contribution in [2.75, 3.05) is 11.1 Å². The molecule has 2 rings (SSSR count). The SMILES string of the molecule is Cc1ccc(N)c(NC(=O)c2ccc(F)cc2Br)c1. The average molecular weight is 323 g/mol. The molecule has 2 aromatic rings. The molecule has 0 radical (unpaired) electrons. The van der Waals surface area contributed by atoms with E-state index in [1.54, 1.807) is 12.1 Å². The Morgan fingerprint density at radius 3 is 2.68 bits per heavy atom. The first-order chi connectivity index (χ1) is 8.97. The van der Waals surface area contributed by atoms with Gasteiger partial charge in [0.25, 0.3) is 5.91 Å². The van der Waals surface area contributed by atoms with Crippen LogP contribution in [0.3, 0.4) is 0 Å². The van der Waals surface area contributed by atoms with Gasteiger partial charge in [-0.15, -0.1) is 0 Å². The number of hydrogen-bond donors (Lipinski definition) is 2. The molecule has 2 aromatic carbocycles. The Balaban J connectivity index is 2.28. The molecular weight excluding hydrogens is 311 g/mol. The van der Waals surface area contributed by atoms with Crippen LogP contribution in [0.2, 0.25) is 0 Å². The Kier molecular flexibility index (Phi) is 3.85. The highest BCUT2D eigenvalue weighted by atomic mass is 79.9. The van der Waals surface area contributed by atoms with E-state index in [0.717, 1.165) is 5.56 Å². The van der Waals surface area contributed by atoms with Gasteiger partial charge in [-0.05, 0) is 58.7 Å². The zero-order valence-corrected chi connectivity index (χ0v) is 11.8. The number of nitrogens with two attached hydrogens (primary N) is 1. The molecule has 1 amide bonds. The van der Waals surface area contributed by atoms with Gasteiger partial charge in [-0.25, -0.2) is 4.39 Å². The van der Waals surface area contributed by atoms with E-state index < -0.39 is 5.82 Å². The summed E-state index contributed by atoms with van der Waals surface area (Å²) in [7, 11) is 0. The molecule has 0 aliphatic heterocycles. The number of anilines is 2. The lowest BCUT2D eigenvalue weighted by atomic mass is 10.1. The molecule has 3 nitrogen and oxygen atoms in total. The van der Waals surface area contributed by atoms with Crippen molar-refractivity contribution in [1.29, 1.82) is 0 Å². The van der Waals surface area contributed by atoms with Gasteiger partial charge >= 0.3 is 0 Å². The average Bonchev–Trinajstić information content (AvgIpc) is 2.33. The Morgan fingerprint density at radius 2 is 2.00 bits per heavy atom. The fourth-order valence-corrected chi connectivity index (χ4v) is 2.17. The summed E-state index contributed by atoms with van der Waals surface area (Å²) < 4.78 is 13.4. The molecule has 0 atom stereocenters. The molecule has 19 heavy (non-hydrogen) atoms. The van der Waals surface area contributed by atoms with E-state index in [1.165, 1.54) is 18.2 Å². The van der Waals surface area contributed by atoms with E-state index in [9.17, 15) is 9.18 Å². The van der Waals surface area contributed by atoms with Crippen molar-refractivity contribution in [3.05, 3.63) is 57.8 Å². The number of benzene rings is 2. The van der Waals surface area contributed by atoms with Crippen molar-refractivity contribution < 1.29 is 9.18 Å². The highest BCUT2D eigenvalue weighted by molar-refractivity contribution is 9.10. The van der Waals surface area contributed by atoms with Gasteiger partial charge in [-0.1, -0.05) is 6.07 Å². The fraction of sp³-hybridized carbons (Fsp3) is 0.0714. The molecule has 0 spiro atoms. The molecule has 0 bridgehead atoms. The Hall–Kier alpha value is -1.88. The van der Waals surface area contributed by atoms with Gasteiger partial charge in [0.2, 0.25) is 0 Å². The molecule has 5 heteroatoms. The number of aryl methyl sites for hydroxylation is 1. The van der Waals surface area contributed by atoms with Crippen molar-refractivity contribution >= 4 is 33.2 Å². The molecule has 98 valence electrons. The smallest absolute Gasteiger partial charge is 0.256 e. The normalized spacial score (nSPS) is 10.3. The molecule has 0 unspecified atom stereocenters. The van der Waals surface area contributed by atoms with Crippen molar-refractivity contribution in [2.45, 2.75) is 6.92 Å². The zero-order valence-electron chi connectivity index (χ0n) is 10.2. The van der Waals surface area contributed by atoms with Crippen LogP contribution >= 0.6 is 15.9 Å². The number of hydrogen-bond acceptors (Lipinski definition) is 2. The molecule has 0 aliphatic rings. The van der Waals surface area contributed by atoms with Crippen LogP contribution in [0.15, 0.2) is 40.9 Å². The van der Waals surface area contributed by atoms with Crippen LogP contribution in [-0.2, 0) is 0 Å². The number of nitrogens with one attached hydrogen (secondary N) is 1. The zero-order chi connectivity index (χ0) is 14.0. The summed E-state index contributed by atoms with van der Waals surface area (Å²) in [4.78, 5) is 12.1. The molecule has 0 saturated carbocycles. The van der Waals surface area contributed by atoms with Crippen LogP contribution in [0, 0.1) is 12.7 Å². The second-order valence-corrected chi connectivity index (χ2v) is 5.02. The van der Waals surface area contributed by atoms with E-state index in [1.807, 2.05) is 13.0 Å². The van der Waals surface area contributed by atoms with Crippen LogP contribution in [0.1, 0.15) is 15.9 Å². The van der Waals surface area contributed by atoms with Gasteiger partial charge < -0.3 is 11.1 Å². The van der Waals surface area contributed by atoms with Crippen LogP contribution in [0.4, 0.5) is 15.8 Å². The first kappa shape index (κ1) is 13.5. The number of carbonyl (C=O) groups excluding carboxylic acids is 1. The highest BCUT2D eigenvalue weighted by Gasteiger charge is 2.12. The number of carbonyl (C=O) groups is 1. The minimum Gasteiger partial charge on any atom is -0.397 e. The first-order valence-corrected chi connectivity index (χ1v) is 6.39. The summed E-state index contributed by atoms with van der Waals surface area (Å²) in [5, 5.41) is 2.71. The maximum Gasteiger partial charge on any atom is 0.256 e.